The van der Waals surface area contributed by atoms with Gasteiger partial charge in [0.05, 0.1) is 13.1 Å². The predicted molar refractivity (Wildman–Crippen MR) is 69.9 cm³/mol. The van der Waals surface area contributed by atoms with Crippen molar-refractivity contribution < 1.29 is 4.42 Å². The molecule has 2 rings (SSSR count). The Kier molecular flexibility index (Phi) is 4.24. The number of nitrogens with zero attached hydrogens (tertiary/aromatic N) is 1. The summed E-state index contributed by atoms with van der Waals surface area (Å²) in [7, 11) is 1.95. The average Bonchev–Trinajstić information content (AvgIpc) is 2.60. The fourth-order valence-corrected chi connectivity index (χ4v) is 2.65. The maximum atomic E-state index is 5.89. The number of hydrogen-bond acceptors (Lipinski definition) is 3. The maximum absolute atomic E-state index is 5.89. The minimum absolute atomic E-state index is 0.822. The number of aryl methyl sites for hydroxylation is 1. The number of piperidine rings is 1. The first kappa shape index (κ1) is 12.7. The third kappa shape index (κ3) is 3.33. The van der Waals surface area contributed by atoms with Crippen molar-refractivity contribution >= 4 is 0 Å². The highest BCUT2D eigenvalue weighted by atomic mass is 16.3. The number of nitrogens with one attached hydrogen (secondary N) is 1. The van der Waals surface area contributed by atoms with Gasteiger partial charge in [-0.15, -0.1) is 0 Å². The first-order chi connectivity index (χ1) is 8.19. The molecule has 0 spiro atoms. The third-order valence-corrected chi connectivity index (χ3v) is 3.53. The quantitative estimate of drug-likeness (QED) is 0.871. The van der Waals surface area contributed by atoms with E-state index in [9.17, 15) is 0 Å². The zero-order valence-electron chi connectivity index (χ0n) is 11.3. The van der Waals surface area contributed by atoms with E-state index >= 15 is 0 Å². The number of rotatable bonds is 4. The van der Waals surface area contributed by atoms with E-state index < -0.39 is 0 Å². The molecule has 1 aromatic heterocycles. The topological polar surface area (TPSA) is 28.4 Å². The summed E-state index contributed by atoms with van der Waals surface area (Å²) in [5, 5.41) is 3.14. The van der Waals surface area contributed by atoms with Crippen LogP contribution in [0.4, 0.5) is 0 Å². The van der Waals surface area contributed by atoms with Crippen molar-refractivity contribution in [1.29, 1.82) is 0 Å². The van der Waals surface area contributed by atoms with Crippen molar-refractivity contribution in [3.05, 3.63) is 23.2 Å². The van der Waals surface area contributed by atoms with Gasteiger partial charge >= 0.3 is 0 Å². The lowest BCUT2D eigenvalue weighted by molar-refractivity contribution is 0.164. The maximum Gasteiger partial charge on any atom is 0.120 e. The fourth-order valence-electron chi connectivity index (χ4n) is 2.65. The molecule has 1 unspecified atom stereocenters. The summed E-state index contributed by atoms with van der Waals surface area (Å²) in [4.78, 5) is 2.51. The summed E-state index contributed by atoms with van der Waals surface area (Å²) in [5.41, 5.74) is 1.26. The molecule has 96 valence electrons. The minimum Gasteiger partial charge on any atom is -0.463 e. The molecule has 0 radical (unpaired) electrons. The van der Waals surface area contributed by atoms with Gasteiger partial charge in [0, 0.05) is 6.54 Å². The van der Waals surface area contributed by atoms with Crippen LogP contribution in [0.15, 0.2) is 10.5 Å². The molecule has 1 aliphatic heterocycles. The van der Waals surface area contributed by atoms with Crippen LogP contribution in [0.25, 0.3) is 0 Å². The molecule has 0 saturated carbocycles. The van der Waals surface area contributed by atoms with Gasteiger partial charge in [0.25, 0.3) is 0 Å². The van der Waals surface area contributed by atoms with Crippen molar-refractivity contribution in [2.45, 2.75) is 39.8 Å². The van der Waals surface area contributed by atoms with E-state index in [0.717, 1.165) is 30.5 Å². The molecule has 1 N–H and O–H groups in total. The van der Waals surface area contributed by atoms with Crippen LogP contribution >= 0.6 is 0 Å². The van der Waals surface area contributed by atoms with E-state index in [4.69, 9.17) is 4.42 Å². The van der Waals surface area contributed by atoms with Crippen molar-refractivity contribution in [2.75, 3.05) is 20.1 Å². The van der Waals surface area contributed by atoms with Crippen LogP contribution in [0.2, 0.25) is 0 Å². The lowest BCUT2D eigenvalue weighted by atomic mass is 10.0. The molecular formula is C14H24N2O. The Morgan fingerprint density at radius 3 is 3.06 bits per heavy atom. The second kappa shape index (κ2) is 5.69. The molecule has 1 aliphatic rings. The Morgan fingerprint density at radius 1 is 1.53 bits per heavy atom. The van der Waals surface area contributed by atoms with Gasteiger partial charge in [-0.1, -0.05) is 6.92 Å². The van der Waals surface area contributed by atoms with E-state index in [-0.39, 0.29) is 0 Å². The SMILES string of the molecule is CNCc1oc(CN2CCCC(C)C2)cc1C. The highest BCUT2D eigenvalue weighted by Crippen LogP contribution is 2.20. The summed E-state index contributed by atoms with van der Waals surface area (Å²) in [6.45, 7) is 8.67. The molecule has 0 amide bonds. The van der Waals surface area contributed by atoms with E-state index in [0.29, 0.717) is 0 Å². The molecule has 1 saturated heterocycles. The van der Waals surface area contributed by atoms with Crippen LogP contribution < -0.4 is 5.32 Å². The van der Waals surface area contributed by atoms with Crippen LogP contribution in [-0.4, -0.2) is 25.0 Å². The Balaban J connectivity index is 1.95. The highest BCUT2D eigenvalue weighted by Gasteiger charge is 2.18. The van der Waals surface area contributed by atoms with Crippen molar-refractivity contribution in [3.63, 3.8) is 0 Å². The minimum atomic E-state index is 0.822. The summed E-state index contributed by atoms with van der Waals surface area (Å²) >= 11 is 0. The fraction of sp³-hybridized carbons (Fsp3) is 0.714. The van der Waals surface area contributed by atoms with Crippen molar-refractivity contribution in [1.82, 2.24) is 10.2 Å². The smallest absolute Gasteiger partial charge is 0.120 e. The van der Waals surface area contributed by atoms with E-state index in [1.54, 1.807) is 0 Å². The van der Waals surface area contributed by atoms with Crippen LogP contribution in [0.1, 0.15) is 36.8 Å². The molecule has 1 fully saturated rings. The van der Waals surface area contributed by atoms with E-state index in [2.05, 4.69) is 30.1 Å². The van der Waals surface area contributed by atoms with Crippen LogP contribution in [0, 0.1) is 12.8 Å². The molecule has 3 heteroatoms. The zero-order valence-corrected chi connectivity index (χ0v) is 11.3. The molecule has 17 heavy (non-hydrogen) atoms. The van der Waals surface area contributed by atoms with Crippen LogP contribution in [-0.2, 0) is 13.1 Å². The van der Waals surface area contributed by atoms with Crippen LogP contribution in [0.3, 0.4) is 0 Å². The third-order valence-electron chi connectivity index (χ3n) is 3.53. The molecule has 0 aliphatic carbocycles. The average molecular weight is 236 g/mol. The normalized spacial score (nSPS) is 21.9. The Labute approximate surface area is 104 Å². The van der Waals surface area contributed by atoms with Crippen LogP contribution in [0.5, 0.6) is 0 Å². The van der Waals surface area contributed by atoms with Crippen molar-refractivity contribution in [2.24, 2.45) is 5.92 Å². The molecule has 3 nitrogen and oxygen atoms in total. The second-order valence-corrected chi connectivity index (χ2v) is 5.33. The number of furan rings is 1. The number of likely N-dealkylation sites (tertiary alicyclic amines) is 1. The van der Waals surface area contributed by atoms with Gasteiger partial charge in [-0.2, -0.15) is 0 Å². The zero-order chi connectivity index (χ0) is 12.3. The van der Waals surface area contributed by atoms with Gasteiger partial charge in [0.1, 0.15) is 11.5 Å². The second-order valence-electron chi connectivity index (χ2n) is 5.33. The van der Waals surface area contributed by atoms with E-state index in [1.807, 2.05) is 7.05 Å². The summed E-state index contributed by atoms with van der Waals surface area (Å²) < 4.78 is 5.89. The van der Waals surface area contributed by atoms with Gasteiger partial charge in [-0.3, -0.25) is 4.90 Å². The Hall–Kier alpha value is -0.800. The standard InChI is InChI=1S/C14H24N2O/c1-11-5-4-6-16(9-11)10-13-7-12(2)14(17-13)8-15-3/h7,11,15H,4-6,8-10H2,1-3H3. The Morgan fingerprint density at radius 2 is 2.35 bits per heavy atom. The molecule has 0 bridgehead atoms. The molecule has 1 atom stereocenters. The highest BCUT2D eigenvalue weighted by molar-refractivity contribution is 5.20. The van der Waals surface area contributed by atoms with Crippen molar-refractivity contribution in [3.8, 4) is 0 Å². The van der Waals surface area contributed by atoms with Gasteiger partial charge in [0.2, 0.25) is 0 Å². The van der Waals surface area contributed by atoms with E-state index in [1.165, 1.54) is 31.5 Å². The molecular weight excluding hydrogens is 212 g/mol. The van der Waals surface area contributed by atoms with Gasteiger partial charge < -0.3 is 9.73 Å². The van der Waals surface area contributed by atoms with Gasteiger partial charge in [-0.05, 0) is 50.9 Å². The van der Waals surface area contributed by atoms with Gasteiger partial charge in [-0.25, -0.2) is 0 Å². The lowest BCUT2D eigenvalue weighted by Crippen LogP contribution is -2.33. The predicted octanol–water partition coefficient (Wildman–Crippen LogP) is 2.54. The molecule has 1 aromatic rings. The lowest BCUT2D eigenvalue weighted by Gasteiger charge is -2.29. The summed E-state index contributed by atoms with van der Waals surface area (Å²) in [5.74, 6) is 3.02. The monoisotopic (exact) mass is 236 g/mol. The summed E-state index contributed by atoms with van der Waals surface area (Å²) in [6, 6.07) is 2.19. The Bertz CT molecular complexity index is 359. The number of hydrogen-bond donors (Lipinski definition) is 1. The van der Waals surface area contributed by atoms with Gasteiger partial charge in [0.15, 0.2) is 0 Å². The molecule has 0 aromatic carbocycles. The first-order valence-corrected chi connectivity index (χ1v) is 6.64. The first-order valence-electron chi connectivity index (χ1n) is 6.64. The largest absolute Gasteiger partial charge is 0.463 e. The summed E-state index contributed by atoms with van der Waals surface area (Å²) in [6.07, 6.45) is 2.70. The molecule has 2 heterocycles.